The van der Waals surface area contributed by atoms with E-state index in [1.54, 1.807) is 43.3 Å². The van der Waals surface area contributed by atoms with Crippen LogP contribution in [0.15, 0.2) is 77.7 Å². The van der Waals surface area contributed by atoms with Crippen molar-refractivity contribution in [2.75, 3.05) is 19.0 Å². The van der Waals surface area contributed by atoms with Gasteiger partial charge in [-0.3, -0.25) is 4.79 Å². The monoisotopic (exact) mass is 463 g/mol. The van der Waals surface area contributed by atoms with Crippen molar-refractivity contribution in [1.82, 2.24) is 4.31 Å². The Bertz CT molecular complexity index is 1250. The summed E-state index contributed by atoms with van der Waals surface area (Å²) in [6.07, 6.45) is 0.273. The molecule has 0 bridgehead atoms. The number of rotatable bonds is 9. The van der Waals surface area contributed by atoms with Gasteiger partial charge in [-0.25, -0.2) is 8.42 Å². The lowest BCUT2D eigenvalue weighted by Gasteiger charge is -2.23. The number of anilines is 1. The van der Waals surface area contributed by atoms with Crippen molar-refractivity contribution in [3.63, 3.8) is 0 Å². The standard InChI is InChI=1S/C25H25N3O4S/c1-19-8-13-23(32-2)24(16-19)33(30,31)28(17-21-6-4-3-5-7-21)18-25(29)27-22-11-9-20(10-12-22)14-15-26/h3-13,16H,14,17-18H2,1-2H3,(H,27,29). The lowest BCUT2D eigenvalue weighted by Crippen LogP contribution is -2.37. The number of carbonyl (C=O) groups excluding carboxylic acids is 1. The van der Waals surface area contributed by atoms with Crippen molar-refractivity contribution in [1.29, 1.82) is 5.26 Å². The van der Waals surface area contributed by atoms with Gasteiger partial charge in [-0.05, 0) is 47.9 Å². The van der Waals surface area contributed by atoms with Gasteiger partial charge in [-0.15, -0.1) is 0 Å². The zero-order valence-electron chi connectivity index (χ0n) is 18.5. The van der Waals surface area contributed by atoms with Crippen LogP contribution in [0.5, 0.6) is 5.75 Å². The van der Waals surface area contributed by atoms with Crippen LogP contribution in [0.3, 0.4) is 0 Å². The second-order valence-electron chi connectivity index (χ2n) is 7.49. The molecule has 0 atom stereocenters. The summed E-state index contributed by atoms with van der Waals surface area (Å²) in [5.41, 5.74) is 2.86. The molecule has 7 nitrogen and oxygen atoms in total. The average molecular weight is 464 g/mol. The van der Waals surface area contributed by atoms with Crippen LogP contribution < -0.4 is 10.1 Å². The fourth-order valence-electron chi connectivity index (χ4n) is 3.30. The number of nitrogens with one attached hydrogen (secondary N) is 1. The summed E-state index contributed by atoms with van der Waals surface area (Å²) < 4.78 is 33.6. The predicted molar refractivity (Wildman–Crippen MR) is 126 cm³/mol. The SMILES string of the molecule is COc1ccc(C)cc1S(=O)(=O)N(CC(=O)Nc1ccc(CC#N)cc1)Cc1ccccc1. The van der Waals surface area contributed by atoms with Crippen LogP contribution in [0.1, 0.15) is 16.7 Å². The Kier molecular flexibility index (Phi) is 7.83. The number of methoxy groups -OCH3 is 1. The van der Waals surface area contributed by atoms with E-state index < -0.39 is 15.9 Å². The normalized spacial score (nSPS) is 11.1. The van der Waals surface area contributed by atoms with Crippen molar-refractivity contribution >= 4 is 21.6 Å². The van der Waals surface area contributed by atoms with Gasteiger partial charge in [-0.1, -0.05) is 48.5 Å². The Morgan fingerprint density at radius 1 is 1.03 bits per heavy atom. The second kappa shape index (κ2) is 10.8. The number of amides is 1. The van der Waals surface area contributed by atoms with E-state index in [2.05, 4.69) is 11.4 Å². The molecule has 0 aliphatic heterocycles. The van der Waals surface area contributed by atoms with E-state index in [9.17, 15) is 13.2 Å². The minimum atomic E-state index is -4.05. The number of sulfonamides is 1. The molecule has 1 N–H and O–H groups in total. The van der Waals surface area contributed by atoms with Gasteiger partial charge < -0.3 is 10.1 Å². The summed E-state index contributed by atoms with van der Waals surface area (Å²) in [5, 5.41) is 11.5. The van der Waals surface area contributed by atoms with E-state index >= 15 is 0 Å². The molecule has 1 amide bonds. The molecule has 0 radical (unpaired) electrons. The van der Waals surface area contributed by atoms with Crippen LogP contribution >= 0.6 is 0 Å². The van der Waals surface area contributed by atoms with Gasteiger partial charge in [0.2, 0.25) is 15.9 Å². The van der Waals surface area contributed by atoms with Gasteiger partial charge >= 0.3 is 0 Å². The highest BCUT2D eigenvalue weighted by atomic mass is 32.2. The van der Waals surface area contributed by atoms with E-state index in [-0.39, 0.29) is 30.2 Å². The maximum Gasteiger partial charge on any atom is 0.247 e. The lowest BCUT2D eigenvalue weighted by molar-refractivity contribution is -0.116. The highest BCUT2D eigenvalue weighted by Gasteiger charge is 2.30. The zero-order chi connectivity index (χ0) is 23.8. The first-order chi connectivity index (χ1) is 15.8. The minimum absolute atomic E-state index is 0.00888. The molecule has 0 aliphatic rings. The number of nitrogens with zero attached hydrogens (tertiary/aromatic N) is 2. The van der Waals surface area contributed by atoms with E-state index in [1.165, 1.54) is 13.2 Å². The van der Waals surface area contributed by atoms with Gasteiger partial charge in [0, 0.05) is 12.2 Å². The molecule has 0 aromatic heterocycles. The third kappa shape index (κ3) is 6.19. The Balaban J connectivity index is 1.89. The fraction of sp³-hybridized carbons (Fsp3) is 0.200. The number of nitriles is 1. The Morgan fingerprint density at radius 2 is 1.73 bits per heavy atom. The number of benzene rings is 3. The maximum absolute atomic E-state index is 13.6. The summed E-state index contributed by atoms with van der Waals surface area (Å²) in [6, 6.07) is 22.9. The number of aryl methyl sites for hydroxylation is 1. The largest absolute Gasteiger partial charge is 0.495 e. The molecule has 170 valence electrons. The molecule has 0 fully saturated rings. The Labute approximate surface area is 194 Å². The Morgan fingerprint density at radius 3 is 2.36 bits per heavy atom. The second-order valence-corrected chi connectivity index (χ2v) is 9.40. The van der Waals surface area contributed by atoms with E-state index in [0.29, 0.717) is 5.69 Å². The number of carbonyl (C=O) groups is 1. The molecule has 3 rings (SSSR count). The number of ether oxygens (including phenoxy) is 1. The first kappa shape index (κ1) is 24.0. The molecular formula is C25H25N3O4S. The molecule has 0 aliphatic carbocycles. The highest BCUT2D eigenvalue weighted by molar-refractivity contribution is 7.89. The molecule has 3 aromatic rings. The van der Waals surface area contributed by atoms with Gasteiger partial charge in [0.25, 0.3) is 0 Å². The van der Waals surface area contributed by atoms with Crippen LogP contribution in [0.25, 0.3) is 0 Å². The topological polar surface area (TPSA) is 99.5 Å². The molecule has 0 spiro atoms. The number of hydrogen-bond donors (Lipinski definition) is 1. The van der Waals surface area contributed by atoms with Crippen LogP contribution in [0.2, 0.25) is 0 Å². The van der Waals surface area contributed by atoms with Crippen LogP contribution in [0.4, 0.5) is 5.69 Å². The summed E-state index contributed by atoms with van der Waals surface area (Å²) in [5.74, 6) is -0.263. The highest BCUT2D eigenvalue weighted by Crippen LogP contribution is 2.28. The van der Waals surface area contributed by atoms with Crippen LogP contribution in [-0.4, -0.2) is 32.3 Å². The summed E-state index contributed by atoms with van der Waals surface area (Å²) >= 11 is 0. The van der Waals surface area contributed by atoms with Gasteiger partial charge in [0.05, 0.1) is 26.1 Å². The average Bonchev–Trinajstić information content (AvgIpc) is 2.81. The summed E-state index contributed by atoms with van der Waals surface area (Å²) in [7, 11) is -2.64. The quantitative estimate of drug-likeness (QED) is 0.519. The van der Waals surface area contributed by atoms with Crippen molar-refractivity contribution in [3.05, 3.63) is 89.5 Å². The van der Waals surface area contributed by atoms with Gasteiger partial charge in [0.15, 0.2) is 0 Å². The molecule has 0 unspecified atom stereocenters. The van der Waals surface area contributed by atoms with Crippen molar-refractivity contribution in [2.45, 2.75) is 24.8 Å². The van der Waals surface area contributed by atoms with E-state index in [4.69, 9.17) is 10.00 Å². The zero-order valence-corrected chi connectivity index (χ0v) is 19.3. The summed E-state index contributed by atoms with van der Waals surface area (Å²) in [6.45, 7) is 1.44. The van der Waals surface area contributed by atoms with Crippen molar-refractivity contribution in [3.8, 4) is 11.8 Å². The molecule has 0 heterocycles. The molecule has 8 heteroatoms. The maximum atomic E-state index is 13.6. The van der Waals surface area contributed by atoms with E-state index in [1.807, 2.05) is 30.3 Å². The van der Waals surface area contributed by atoms with E-state index in [0.717, 1.165) is 21.0 Å². The van der Waals surface area contributed by atoms with Crippen molar-refractivity contribution < 1.29 is 17.9 Å². The molecule has 0 saturated heterocycles. The molecule has 3 aromatic carbocycles. The van der Waals surface area contributed by atoms with Gasteiger partial charge in [0.1, 0.15) is 10.6 Å². The molecule has 33 heavy (non-hydrogen) atoms. The van der Waals surface area contributed by atoms with Gasteiger partial charge in [-0.2, -0.15) is 9.57 Å². The molecular weight excluding hydrogens is 438 g/mol. The smallest absolute Gasteiger partial charge is 0.247 e. The fourth-order valence-corrected chi connectivity index (χ4v) is 4.92. The summed E-state index contributed by atoms with van der Waals surface area (Å²) in [4.78, 5) is 12.8. The first-order valence-electron chi connectivity index (χ1n) is 10.3. The third-order valence-corrected chi connectivity index (χ3v) is 6.79. The van der Waals surface area contributed by atoms with Crippen LogP contribution in [0, 0.1) is 18.3 Å². The molecule has 0 saturated carbocycles. The minimum Gasteiger partial charge on any atom is -0.495 e. The lowest BCUT2D eigenvalue weighted by atomic mass is 10.1. The van der Waals surface area contributed by atoms with Crippen LogP contribution in [-0.2, 0) is 27.8 Å². The predicted octanol–water partition coefficient (Wildman–Crippen LogP) is 3.90. The third-order valence-electron chi connectivity index (χ3n) is 4.98. The number of hydrogen-bond acceptors (Lipinski definition) is 5. The first-order valence-corrected chi connectivity index (χ1v) is 11.7. The Hall–Kier alpha value is -3.67. The van der Waals surface area contributed by atoms with Crippen molar-refractivity contribution in [2.24, 2.45) is 0 Å².